The van der Waals surface area contributed by atoms with Gasteiger partial charge in [-0.1, -0.05) is 7.43 Å². The zero-order valence-electron chi connectivity index (χ0n) is 22.1. The van der Waals surface area contributed by atoms with Crippen LogP contribution in [0, 0.1) is 13.1 Å². The average molecular weight is 524 g/mol. The summed E-state index contributed by atoms with van der Waals surface area (Å²) in [5, 5.41) is 8.90. The van der Waals surface area contributed by atoms with Gasteiger partial charge in [-0.15, -0.1) is 0 Å². The van der Waals surface area contributed by atoms with E-state index in [1.54, 1.807) is 45.9 Å². The van der Waals surface area contributed by atoms with Gasteiger partial charge in [-0.25, -0.2) is 22.7 Å². The number of aromatic carboxylic acids is 1. The van der Waals surface area contributed by atoms with Gasteiger partial charge in [-0.3, -0.25) is 9.69 Å². The number of carboxylic acids is 1. The molecule has 0 aliphatic carbocycles. The summed E-state index contributed by atoms with van der Waals surface area (Å²) in [5.41, 5.74) is -1.58. The van der Waals surface area contributed by atoms with E-state index in [0.29, 0.717) is 22.8 Å². The van der Waals surface area contributed by atoms with Crippen LogP contribution < -0.4 is 37.8 Å². The zero-order valence-corrected chi connectivity index (χ0v) is 22.1. The quantitative estimate of drug-likeness (QED) is 0.313. The van der Waals surface area contributed by atoms with Crippen LogP contribution in [0.4, 0.5) is 0 Å². The van der Waals surface area contributed by atoms with Crippen LogP contribution in [0.3, 0.4) is 0 Å². The molecule has 0 aromatic heterocycles. The molecule has 0 radical (unpaired) electrons. The van der Waals surface area contributed by atoms with Crippen molar-refractivity contribution in [3.05, 3.63) is 70.4 Å². The van der Waals surface area contributed by atoms with Crippen molar-refractivity contribution in [1.82, 2.24) is 0 Å². The summed E-state index contributed by atoms with van der Waals surface area (Å²) >= 11 is 0. The third kappa shape index (κ3) is 11.4. The molecule has 0 bridgehead atoms. The smallest absolute Gasteiger partial charge is 0.870 e. The molecule has 0 spiro atoms. The van der Waals surface area contributed by atoms with Crippen molar-refractivity contribution in [2.45, 2.75) is 46.6 Å². The van der Waals surface area contributed by atoms with Gasteiger partial charge in [0.05, 0.1) is 49.0 Å². The molecule has 0 unspecified atom stereocenters. The van der Waals surface area contributed by atoms with Crippen LogP contribution in [-0.4, -0.2) is 55.3 Å². The number of carboxylic acid groups (broad SMARTS) is 1. The number of hydrogen-bond donors (Lipinski definition) is 1. The predicted molar refractivity (Wildman–Crippen MR) is 136 cm³/mol. The van der Waals surface area contributed by atoms with E-state index in [1.807, 2.05) is 0 Å². The first-order chi connectivity index (χ1) is 16.3. The molecule has 2 aromatic carbocycles. The van der Waals surface area contributed by atoms with E-state index < -0.39 is 23.4 Å². The minimum atomic E-state index is -1.07. The molecule has 38 heavy (non-hydrogen) atoms. The maximum Gasteiger partial charge on any atom is 1.00 e. The Morgan fingerprint density at radius 3 is 1.47 bits per heavy atom. The summed E-state index contributed by atoms with van der Waals surface area (Å²) in [7, 11) is 4.13. The van der Waals surface area contributed by atoms with Crippen LogP contribution in [-0.2, 0) is 4.74 Å². The third-order valence-corrected chi connectivity index (χ3v) is 4.26. The molecular weight excluding hydrogens is 491 g/mol. The largest absolute Gasteiger partial charge is 1.00 e. The molecule has 2 N–H and O–H groups in total. The fraction of sp³-hybridized carbons (Fsp3) is 0.385. The van der Waals surface area contributed by atoms with Crippen LogP contribution in [0.2, 0.25) is 0 Å². The van der Waals surface area contributed by atoms with Crippen molar-refractivity contribution in [3.8, 4) is 23.0 Å². The number of benzene rings is 2. The Hall–Kier alpha value is -3.88. The summed E-state index contributed by atoms with van der Waals surface area (Å²) in [4.78, 5) is 29.0. The number of ether oxygens (including phenoxy) is 5. The average Bonchev–Trinajstić information content (AvgIpc) is 2.83. The number of esters is 1. The molecule has 202 valence electrons. The van der Waals surface area contributed by atoms with Crippen molar-refractivity contribution >= 4 is 11.9 Å². The Labute approximate surface area is 235 Å². The Kier molecular flexibility index (Phi) is 17.1. The number of nitrogens with zero attached hydrogens (tertiary/aromatic N) is 2. The maximum atomic E-state index is 11.5. The number of carbonyl (C=O) groups excluding carboxylic acids is 1. The van der Waals surface area contributed by atoms with Crippen LogP contribution in [0.25, 0.3) is 9.69 Å². The summed E-state index contributed by atoms with van der Waals surface area (Å²) in [5.74, 6) is -0.148. The molecule has 0 amide bonds. The molecule has 0 heterocycles. The summed E-state index contributed by atoms with van der Waals surface area (Å²) in [6.45, 7) is 20.5. The fourth-order valence-electron chi connectivity index (χ4n) is 2.55. The Morgan fingerprint density at radius 2 is 1.16 bits per heavy atom. The van der Waals surface area contributed by atoms with E-state index in [1.165, 1.54) is 39.5 Å². The molecule has 2 rings (SSSR count). The normalized spacial score (nSPS) is 9.61. The molecule has 0 atom stereocenters. The van der Waals surface area contributed by atoms with Gasteiger partial charge in [0.15, 0.2) is 0 Å². The maximum absolute atomic E-state index is 11.5. The minimum absolute atomic E-state index is 0. The van der Waals surface area contributed by atoms with Gasteiger partial charge in [-0.2, -0.15) is 0 Å². The number of carbonyl (C=O) groups is 2. The van der Waals surface area contributed by atoms with Crippen molar-refractivity contribution in [2.24, 2.45) is 0 Å². The second-order valence-corrected chi connectivity index (χ2v) is 7.84. The first-order valence-corrected chi connectivity index (χ1v) is 10.2. The zero-order chi connectivity index (χ0) is 26.8. The van der Waals surface area contributed by atoms with Gasteiger partial charge in [0.1, 0.15) is 34.1 Å². The Bertz CT molecular complexity index is 1150. The third-order valence-electron chi connectivity index (χ3n) is 4.26. The Balaban J connectivity index is -0.000000598. The van der Waals surface area contributed by atoms with Crippen LogP contribution in [0.5, 0.6) is 23.0 Å². The van der Waals surface area contributed by atoms with Gasteiger partial charge in [0.2, 0.25) is 0 Å². The molecule has 12 heteroatoms. The van der Waals surface area contributed by atoms with Crippen LogP contribution in [0.1, 0.15) is 55.8 Å². The van der Waals surface area contributed by atoms with Crippen molar-refractivity contribution < 1.29 is 62.7 Å². The molecule has 0 saturated carbocycles. The topological polar surface area (TPSA) is 139 Å². The standard InChI is InChI=1S/C13H15NO4.C12H13NO4.CH4.Li.H2O/c1-13(2,14-3)18-9-6-7-10(12(15)17-5)11(8-9)16-4;1-12(2,13-3)17-8-5-6-9(11(14)15)10(7-8)16-4;;;/h6-8H,1-2,4-5H3;5-7H,1-2,4H3,(H,14,15);1H4;;1H2/q;;;+1;/p-1. The predicted octanol–water partition coefficient (Wildman–Crippen LogP) is 2.41. The van der Waals surface area contributed by atoms with Crippen molar-refractivity contribution in [2.75, 3.05) is 21.3 Å². The molecule has 2 aromatic rings. The summed E-state index contributed by atoms with van der Waals surface area (Å²) in [6.07, 6.45) is 0. The SMILES string of the molecule is C.[C-]#[N+]C(C)(C)Oc1ccc(C(=O)O)c(OC)c1.[C-]#[N+]C(C)(C)Oc1ccc(C(=O)OC)c(OC)c1.[Li+].[OH-]. The second kappa shape index (κ2) is 16.8. The molecule has 0 saturated heterocycles. The monoisotopic (exact) mass is 524 g/mol. The van der Waals surface area contributed by atoms with E-state index in [4.69, 9.17) is 37.2 Å². The van der Waals surface area contributed by atoms with E-state index in [9.17, 15) is 9.59 Å². The number of methoxy groups -OCH3 is 3. The number of rotatable bonds is 8. The summed E-state index contributed by atoms with van der Waals surface area (Å²) < 4.78 is 25.6. The van der Waals surface area contributed by atoms with Gasteiger partial charge in [0, 0.05) is 12.1 Å². The first-order valence-electron chi connectivity index (χ1n) is 10.2. The van der Waals surface area contributed by atoms with E-state index >= 15 is 0 Å². The molecule has 0 aliphatic rings. The van der Waals surface area contributed by atoms with Gasteiger partial charge in [-0.05, 0) is 24.3 Å². The second-order valence-electron chi connectivity index (χ2n) is 7.84. The molecule has 11 nitrogen and oxygen atoms in total. The van der Waals surface area contributed by atoms with Gasteiger partial charge >= 0.3 is 42.2 Å². The van der Waals surface area contributed by atoms with Gasteiger partial charge < -0.3 is 34.3 Å². The minimum Gasteiger partial charge on any atom is -0.870 e. The van der Waals surface area contributed by atoms with E-state index in [-0.39, 0.29) is 43.1 Å². The summed E-state index contributed by atoms with van der Waals surface area (Å²) in [6, 6.07) is 9.03. The van der Waals surface area contributed by atoms with E-state index in [2.05, 4.69) is 14.4 Å². The van der Waals surface area contributed by atoms with Crippen molar-refractivity contribution in [3.63, 3.8) is 0 Å². The first kappa shape index (κ1) is 38.6. The van der Waals surface area contributed by atoms with Crippen molar-refractivity contribution in [1.29, 1.82) is 0 Å². The van der Waals surface area contributed by atoms with Crippen LogP contribution in [0.15, 0.2) is 36.4 Å². The van der Waals surface area contributed by atoms with Crippen LogP contribution >= 0.6 is 0 Å². The van der Waals surface area contributed by atoms with E-state index in [0.717, 1.165) is 0 Å². The molecule has 0 fully saturated rings. The Morgan fingerprint density at radius 1 is 0.789 bits per heavy atom. The fourth-order valence-corrected chi connectivity index (χ4v) is 2.55. The number of hydrogen-bond acceptors (Lipinski definition) is 8. The molecular formula is C26H33LiN2O9. The molecule has 0 aliphatic heterocycles. The van der Waals surface area contributed by atoms with Gasteiger partial charge in [0.25, 0.3) is 0 Å².